The van der Waals surface area contributed by atoms with E-state index in [-0.39, 0.29) is 11.3 Å². The highest BCUT2D eigenvalue weighted by Crippen LogP contribution is 2.25. The van der Waals surface area contributed by atoms with Crippen molar-refractivity contribution in [2.24, 2.45) is 5.41 Å². The van der Waals surface area contributed by atoms with Crippen molar-refractivity contribution in [3.05, 3.63) is 35.9 Å². The van der Waals surface area contributed by atoms with Gasteiger partial charge in [-0.3, -0.25) is 4.79 Å². The molecule has 17 heavy (non-hydrogen) atoms. The molecular formula is C13H17NO3. The summed E-state index contributed by atoms with van der Waals surface area (Å²) in [5.41, 5.74) is 0.631. The van der Waals surface area contributed by atoms with E-state index in [4.69, 9.17) is 4.74 Å². The molecular weight excluding hydrogens is 218 g/mol. The number of ether oxygens (including phenoxy) is 1. The van der Waals surface area contributed by atoms with Gasteiger partial charge >= 0.3 is 0 Å². The second kappa shape index (κ2) is 4.85. The number of aliphatic hydroxyl groups is 1. The third kappa shape index (κ3) is 2.84. The Labute approximate surface area is 101 Å². The first kappa shape index (κ1) is 12.1. The second-order valence-electron chi connectivity index (χ2n) is 4.83. The molecule has 0 saturated carbocycles. The molecule has 1 aromatic carbocycles. The molecule has 2 rings (SSSR count). The molecule has 2 N–H and O–H groups in total. The van der Waals surface area contributed by atoms with E-state index >= 15 is 0 Å². The predicted octanol–water partition coefficient (Wildman–Crippen LogP) is 0.873. The number of carbonyl (C=O) groups excluding carboxylic acids is 1. The maximum absolute atomic E-state index is 11.7. The molecule has 1 amide bonds. The third-order valence-corrected chi connectivity index (χ3v) is 2.95. The summed E-state index contributed by atoms with van der Waals surface area (Å²) in [6.07, 6.45) is -1.10. The molecule has 0 radical (unpaired) electrons. The Hall–Kier alpha value is -1.39. The number of amides is 1. The topological polar surface area (TPSA) is 58.6 Å². The van der Waals surface area contributed by atoms with E-state index < -0.39 is 6.10 Å². The number of rotatable bonds is 4. The van der Waals surface area contributed by atoms with Crippen LogP contribution >= 0.6 is 0 Å². The minimum atomic E-state index is -1.10. The summed E-state index contributed by atoms with van der Waals surface area (Å²) in [7, 11) is 0. The third-order valence-electron chi connectivity index (χ3n) is 2.95. The van der Waals surface area contributed by atoms with Crippen LogP contribution in [0.2, 0.25) is 0 Å². The van der Waals surface area contributed by atoms with E-state index in [0.29, 0.717) is 25.3 Å². The molecule has 1 unspecified atom stereocenters. The highest BCUT2D eigenvalue weighted by atomic mass is 16.5. The number of nitrogens with one attached hydrogen (secondary N) is 1. The lowest BCUT2D eigenvalue weighted by molar-refractivity contribution is -0.134. The van der Waals surface area contributed by atoms with Crippen LogP contribution in [-0.2, 0) is 9.53 Å². The smallest absolute Gasteiger partial charge is 0.253 e. The van der Waals surface area contributed by atoms with Gasteiger partial charge in [-0.1, -0.05) is 37.3 Å². The average Bonchev–Trinajstić information content (AvgIpc) is 2.33. The summed E-state index contributed by atoms with van der Waals surface area (Å²) in [6, 6.07) is 8.91. The van der Waals surface area contributed by atoms with Gasteiger partial charge in [0.2, 0.25) is 0 Å². The first-order valence-electron chi connectivity index (χ1n) is 5.69. The van der Waals surface area contributed by atoms with Crippen molar-refractivity contribution in [2.75, 3.05) is 19.8 Å². The van der Waals surface area contributed by atoms with Crippen molar-refractivity contribution in [1.29, 1.82) is 0 Å². The fraction of sp³-hybridized carbons (Fsp3) is 0.462. The second-order valence-corrected chi connectivity index (χ2v) is 4.83. The molecule has 92 valence electrons. The lowest BCUT2D eigenvalue weighted by atomic mass is 9.88. The van der Waals surface area contributed by atoms with Crippen molar-refractivity contribution < 1.29 is 14.6 Å². The van der Waals surface area contributed by atoms with Gasteiger partial charge < -0.3 is 15.2 Å². The number of hydrogen-bond acceptors (Lipinski definition) is 3. The summed E-state index contributed by atoms with van der Waals surface area (Å²) in [4.78, 5) is 11.7. The lowest BCUT2D eigenvalue weighted by Crippen LogP contribution is -2.49. The lowest BCUT2D eigenvalue weighted by Gasteiger charge is -2.38. The molecule has 1 fully saturated rings. The van der Waals surface area contributed by atoms with Gasteiger partial charge in [-0.2, -0.15) is 0 Å². The molecule has 0 spiro atoms. The van der Waals surface area contributed by atoms with Crippen LogP contribution in [0.3, 0.4) is 0 Å². The predicted molar refractivity (Wildman–Crippen MR) is 63.3 cm³/mol. The highest BCUT2D eigenvalue weighted by Gasteiger charge is 2.34. The molecule has 0 aliphatic carbocycles. The summed E-state index contributed by atoms with van der Waals surface area (Å²) < 4.78 is 5.10. The van der Waals surface area contributed by atoms with Gasteiger partial charge in [-0.25, -0.2) is 0 Å². The molecule has 1 aliphatic heterocycles. The van der Waals surface area contributed by atoms with Crippen molar-refractivity contribution >= 4 is 5.91 Å². The fourth-order valence-corrected chi connectivity index (χ4v) is 1.74. The average molecular weight is 235 g/mol. The zero-order valence-electron chi connectivity index (χ0n) is 9.85. The van der Waals surface area contributed by atoms with Crippen LogP contribution in [0.1, 0.15) is 18.6 Å². The molecule has 4 heteroatoms. The maximum atomic E-state index is 11.7. The first-order valence-corrected chi connectivity index (χ1v) is 5.69. The largest absolute Gasteiger partial charge is 0.380 e. The van der Waals surface area contributed by atoms with Crippen LogP contribution in [0.15, 0.2) is 30.3 Å². The van der Waals surface area contributed by atoms with Crippen LogP contribution in [0, 0.1) is 5.41 Å². The Kier molecular flexibility index (Phi) is 3.45. The monoisotopic (exact) mass is 235 g/mol. The SMILES string of the molecule is CC1(CNC(=O)C(O)c2ccccc2)COC1. The zero-order valence-corrected chi connectivity index (χ0v) is 9.85. The quantitative estimate of drug-likeness (QED) is 0.814. The van der Waals surface area contributed by atoms with Gasteiger partial charge in [0.25, 0.3) is 5.91 Å². The molecule has 1 saturated heterocycles. The van der Waals surface area contributed by atoms with Crippen LogP contribution in [0.5, 0.6) is 0 Å². The first-order chi connectivity index (χ1) is 8.11. The Balaban J connectivity index is 1.87. The number of carbonyl (C=O) groups is 1. The Morgan fingerprint density at radius 2 is 2.12 bits per heavy atom. The standard InChI is InChI=1S/C13H17NO3/c1-13(8-17-9-13)7-14-12(16)11(15)10-5-3-2-4-6-10/h2-6,11,15H,7-9H2,1H3,(H,14,16). The van der Waals surface area contributed by atoms with Crippen LogP contribution in [-0.4, -0.2) is 30.8 Å². The summed E-state index contributed by atoms with van der Waals surface area (Å²) in [5.74, 6) is -0.357. The highest BCUT2D eigenvalue weighted by molar-refractivity contribution is 5.81. The molecule has 1 aliphatic rings. The van der Waals surface area contributed by atoms with Crippen molar-refractivity contribution in [1.82, 2.24) is 5.32 Å². The van der Waals surface area contributed by atoms with Gasteiger partial charge in [0, 0.05) is 12.0 Å². The van der Waals surface area contributed by atoms with E-state index in [2.05, 4.69) is 5.32 Å². The number of benzene rings is 1. The van der Waals surface area contributed by atoms with Crippen molar-refractivity contribution in [3.63, 3.8) is 0 Å². The molecule has 1 heterocycles. The van der Waals surface area contributed by atoms with Crippen LogP contribution < -0.4 is 5.32 Å². The van der Waals surface area contributed by atoms with Crippen LogP contribution in [0.25, 0.3) is 0 Å². The fourth-order valence-electron chi connectivity index (χ4n) is 1.74. The summed E-state index contributed by atoms with van der Waals surface area (Å²) in [6.45, 7) is 3.91. The van der Waals surface area contributed by atoms with Gasteiger partial charge in [-0.05, 0) is 5.56 Å². The van der Waals surface area contributed by atoms with E-state index in [9.17, 15) is 9.90 Å². The van der Waals surface area contributed by atoms with E-state index in [0.717, 1.165) is 0 Å². The van der Waals surface area contributed by atoms with Crippen molar-refractivity contribution in [3.8, 4) is 0 Å². The van der Waals surface area contributed by atoms with Gasteiger partial charge in [0.05, 0.1) is 13.2 Å². The molecule has 0 bridgehead atoms. The van der Waals surface area contributed by atoms with Gasteiger partial charge in [-0.15, -0.1) is 0 Å². The Bertz CT molecular complexity index is 387. The Morgan fingerprint density at radius 3 is 2.65 bits per heavy atom. The van der Waals surface area contributed by atoms with Crippen molar-refractivity contribution in [2.45, 2.75) is 13.0 Å². The molecule has 0 aromatic heterocycles. The zero-order chi connectivity index (χ0) is 12.3. The van der Waals surface area contributed by atoms with E-state index in [1.807, 2.05) is 13.0 Å². The number of hydrogen-bond donors (Lipinski definition) is 2. The summed E-state index contributed by atoms with van der Waals surface area (Å²) >= 11 is 0. The Morgan fingerprint density at radius 1 is 1.47 bits per heavy atom. The van der Waals surface area contributed by atoms with Crippen LogP contribution in [0.4, 0.5) is 0 Å². The number of aliphatic hydroxyl groups excluding tert-OH is 1. The summed E-state index contributed by atoms with van der Waals surface area (Å²) in [5, 5.41) is 12.6. The minimum Gasteiger partial charge on any atom is -0.380 e. The van der Waals surface area contributed by atoms with E-state index in [1.54, 1.807) is 24.3 Å². The molecule has 1 aromatic rings. The minimum absolute atomic E-state index is 0.0199. The molecule has 1 atom stereocenters. The van der Waals surface area contributed by atoms with Gasteiger partial charge in [0.1, 0.15) is 0 Å². The molecule has 4 nitrogen and oxygen atoms in total. The van der Waals surface area contributed by atoms with E-state index in [1.165, 1.54) is 0 Å². The maximum Gasteiger partial charge on any atom is 0.253 e. The van der Waals surface area contributed by atoms with Gasteiger partial charge in [0.15, 0.2) is 6.10 Å². The normalized spacial score (nSPS) is 19.2.